The Morgan fingerprint density at radius 3 is 2.47 bits per heavy atom. The molecule has 19 heavy (non-hydrogen) atoms. The van der Waals surface area contributed by atoms with Crippen molar-refractivity contribution < 1.29 is 18.4 Å². The summed E-state index contributed by atoms with van der Waals surface area (Å²) in [7, 11) is -1.47. The zero-order chi connectivity index (χ0) is 14.9. The molecular weight excluding hydrogens is 270 g/mol. The molecule has 0 saturated heterocycles. The second-order valence-corrected chi connectivity index (χ2v) is 7.27. The van der Waals surface area contributed by atoms with Crippen LogP contribution in [0.2, 0.25) is 0 Å². The molecule has 114 valence electrons. The van der Waals surface area contributed by atoms with Crippen LogP contribution >= 0.6 is 0 Å². The molecule has 0 aromatic rings. The van der Waals surface area contributed by atoms with Crippen molar-refractivity contribution in [2.45, 2.75) is 25.5 Å². The van der Waals surface area contributed by atoms with Gasteiger partial charge in [-0.3, -0.25) is 4.90 Å². The van der Waals surface area contributed by atoms with E-state index in [1.165, 1.54) is 0 Å². The molecule has 0 radical (unpaired) electrons. The first-order valence-corrected chi connectivity index (χ1v) is 7.94. The highest BCUT2D eigenvalue weighted by Gasteiger charge is 2.17. The van der Waals surface area contributed by atoms with Crippen LogP contribution in [0.4, 0.5) is 0 Å². The van der Waals surface area contributed by atoms with Crippen LogP contribution in [0.3, 0.4) is 0 Å². The van der Waals surface area contributed by atoms with Crippen LogP contribution in [0.15, 0.2) is 5.16 Å². The first-order valence-electron chi connectivity index (χ1n) is 6.22. The lowest BCUT2D eigenvalue weighted by Crippen LogP contribution is -2.36. The standard InChI is InChI=1S/C11H25N3O4S/c1-10(2)19(16,17)9-7-14(6-8-18-3)5-4-11(12)13-15/h10,15H,4-9H2,1-3H3,(H2,12,13). The van der Waals surface area contributed by atoms with E-state index < -0.39 is 9.84 Å². The van der Waals surface area contributed by atoms with E-state index in [1.807, 2.05) is 4.90 Å². The summed E-state index contributed by atoms with van der Waals surface area (Å²) in [5.74, 6) is 0.235. The van der Waals surface area contributed by atoms with E-state index in [0.29, 0.717) is 32.7 Å². The SMILES string of the molecule is COCCN(CCC(N)=NO)CCS(=O)(=O)C(C)C. The lowest BCUT2D eigenvalue weighted by molar-refractivity contribution is 0.152. The smallest absolute Gasteiger partial charge is 0.153 e. The molecule has 0 unspecified atom stereocenters. The van der Waals surface area contributed by atoms with Gasteiger partial charge in [0.1, 0.15) is 5.84 Å². The normalized spacial score (nSPS) is 13.4. The van der Waals surface area contributed by atoms with Gasteiger partial charge in [0.25, 0.3) is 0 Å². The number of nitrogens with zero attached hydrogens (tertiary/aromatic N) is 2. The second-order valence-electron chi connectivity index (χ2n) is 4.59. The minimum atomic E-state index is -3.06. The van der Waals surface area contributed by atoms with Crippen LogP contribution in [-0.2, 0) is 14.6 Å². The zero-order valence-electron chi connectivity index (χ0n) is 11.9. The number of methoxy groups -OCH3 is 1. The highest BCUT2D eigenvalue weighted by molar-refractivity contribution is 7.92. The maximum absolute atomic E-state index is 11.8. The lowest BCUT2D eigenvalue weighted by atomic mass is 10.3. The average molecular weight is 295 g/mol. The van der Waals surface area contributed by atoms with Crippen molar-refractivity contribution in [2.24, 2.45) is 10.9 Å². The Bertz CT molecular complexity index is 368. The van der Waals surface area contributed by atoms with Gasteiger partial charge in [-0.1, -0.05) is 5.16 Å². The van der Waals surface area contributed by atoms with Crippen LogP contribution in [0.1, 0.15) is 20.3 Å². The van der Waals surface area contributed by atoms with Crippen LogP contribution in [0.25, 0.3) is 0 Å². The molecule has 0 fully saturated rings. The number of amidine groups is 1. The van der Waals surface area contributed by atoms with E-state index in [0.717, 1.165) is 0 Å². The Morgan fingerprint density at radius 2 is 2.00 bits per heavy atom. The molecular formula is C11H25N3O4S. The van der Waals surface area contributed by atoms with Crippen molar-refractivity contribution in [3.63, 3.8) is 0 Å². The molecule has 0 aliphatic heterocycles. The third-order valence-corrected chi connectivity index (χ3v) is 5.02. The van der Waals surface area contributed by atoms with E-state index in [9.17, 15) is 8.42 Å². The van der Waals surface area contributed by atoms with Gasteiger partial charge in [0.2, 0.25) is 0 Å². The second kappa shape index (κ2) is 9.11. The zero-order valence-corrected chi connectivity index (χ0v) is 12.7. The third-order valence-electron chi connectivity index (χ3n) is 2.83. The van der Waals surface area contributed by atoms with Gasteiger partial charge in [0, 0.05) is 33.2 Å². The minimum Gasteiger partial charge on any atom is -0.409 e. The average Bonchev–Trinajstić information content (AvgIpc) is 2.37. The van der Waals surface area contributed by atoms with Crippen molar-refractivity contribution in [1.82, 2.24) is 4.90 Å². The van der Waals surface area contributed by atoms with Crippen molar-refractivity contribution in [3.8, 4) is 0 Å². The fourth-order valence-corrected chi connectivity index (χ4v) is 2.35. The fourth-order valence-electron chi connectivity index (χ4n) is 1.37. The first-order chi connectivity index (χ1) is 8.83. The predicted molar refractivity (Wildman–Crippen MR) is 75.3 cm³/mol. The van der Waals surface area contributed by atoms with Crippen molar-refractivity contribution in [3.05, 3.63) is 0 Å². The van der Waals surface area contributed by atoms with Gasteiger partial charge in [-0.25, -0.2) is 8.42 Å². The molecule has 0 bridgehead atoms. The summed E-state index contributed by atoms with van der Waals surface area (Å²) in [5, 5.41) is 11.0. The number of rotatable bonds is 10. The number of hydrogen-bond acceptors (Lipinski definition) is 6. The van der Waals surface area contributed by atoms with Gasteiger partial charge in [-0.2, -0.15) is 0 Å². The van der Waals surface area contributed by atoms with E-state index in [2.05, 4.69) is 5.16 Å². The molecule has 0 rings (SSSR count). The van der Waals surface area contributed by atoms with Gasteiger partial charge in [-0.15, -0.1) is 0 Å². The molecule has 0 amide bonds. The summed E-state index contributed by atoms with van der Waals surface area (Å²) in [6.07, 6.45) is 0.391. The molecule has 0 aliphatic carbocycles. The van der Waals surface area contributed by atoms with E-state index in [1.54, 1.807) is 21.0 Å². The molecule has 7 nitrogen and oxygen atoms in total. The summed E-state index contributed by atoms with van der Waals surface area (Å²) in [4.78, 5) is 1.93. The topological polar surface area (TPSA) is 105 Å². The number of hydrogen-bond donors (Lipinski definition) is 2. The molecule has 0 aliphatic rings. The Hall–Kier alpha value is -0.860. The molecule has 0 spiro atoms. The summed E-state index contributed by atoms with van der Waals surface area (Å²) in [6.45, 7) is 5.42. The molecule has 0 saturated carbocycles. The van der Waals surface area contributed by atoms with Gasteiger partial charge < -0.3 is 15.7 Å². The summed E-state index contributed by atoms with van der Waals surface area (Å²) in [6, 6.07) is 0. The van der Waals surface area contributed by atoms with Crippen LogP contribution in [0, 0.1) is 0 Å². The number of ether oxygens (including phenoxy) is 1. The molecule has 0 aromatic carbocycles. The maximum Gasteiger partial charge on any atom is 0.153 e. The molecule has 0 aromatic heterocycles. The first kappa shape index (κ1) is 18.1. The van der Waals surface area contributed by atoms with Crippen molar-refractivity contribution in [1.29, 1.82) is 0 Å². The van der Waals surface area contributed by atoms with E-state index >= 15 is 0 Å². The Labute approximate surface area is 115 Å². The highest BCUT2D eigenvalue weighted by Crippen LogP contribution is 2.02. The van der Waals surface area contributed by atoms with Gasteiger partial charge in [0.05, 0.1) is 17.6 Å². The predicted octanol–water partition coefficient (Wildman–Crippen LogP) is -0.105. The quantitative estimate of drug-likeness (QED) is 0.252. The Morgan fingerprint density at radius 1 is 1.37 bits per heavy atom. The molecule has 3 N–H and O–H groups in total. The summed E-state index contributed by atoms with van der Waals surface area (Å²) in [5.41, 5.74) is 5.40. The van der Waals surface area contributed by atoms with Gasteiger partial charge >= 0.3 is 0 Å². The third kappa shape index (κ3) is 8.02. The van der Waals surface area contributed by atoms with Crippen LogP contribution < -0.4 is 5.73 Å². The maximum atomic E-state index is 11.8. The Kier molecular flexibility index (Phi) is 8.70. The monoisotopic (exact) mass is 295 g/mol. The van der Waals surface area contributed by atoms with Gasteiger partial charge in [0.15, 0.2) is 9.84 Å². The van der Waals surface area contributed by atoms with Crippen LogP contribution in [-0.4, -0.2) is 68.7 Å². The number of nitrogens with two attached hydrogens (primary N) is 1. The summed E-state index contributed by atoms with van der Waals surface area (Å²) >= 11 is 0. The van der Waals surface area contributed by atoms with E-state index in [4.69, 9.17) is 15.7 Å². The largest absolute Gasteiger partial charge is 0.409 e. The number of oxime groups is 1. The summed E-state index contributed by atoms with van der Waals surface area (Å²) < 4.78 is 28.5. The van der Waals surface area contributed by atoms with Crippen molar-refractivity contribution in [2.75, 3.05) is 39.1 Å². The molecule has 0 atom stereocenters. The van der Waals surface area contributed by atoms with Crippen LogP contribution in [0.5, 0.6) is 0 Å². The molecule has 8 heteroatoms. The fraction of sp³-hybridized carbons (Fsp3) is 0.909. The lowest BCUT2D eigenvalue weighted by Gasteiger charge is -2.22. The van der Waals surface area contributed by atoms with E-state index in [-0.39, 0.29) is 16.8 Å². The highest BCUT2D eigenvalue weighted by atomic mass is 32.2. The van der Waals surface area contributed by atoms with Crippen molar-refractivity contribution >= 4 is 15.7 Å². The minimum absolute atomic E-state index is 0.102. The molecule has 0 heterocycles. The van der Waals surface area contributed by atoms with Gasteiger partial charge in [-0.05, 0) is 13.8 Å². The Balaban J connectivity index is 4.35. The number of sulfone groups is 1.